The highest BCUT2D eigenvalue weighted by molar-refractivity contribution is 5.79. The first kappa shape index (κ1) is 13.3. The van der Waals surface area contributed by atoms with Gasteiger partial charge in [-0.2, -0.15) is 0 Å². The van der Waals surface area contributed by atoms with Crippen molar-refractivity contribution in [3.8, 4) is 0 Å². The largest absolute Gasteiger partial charge is 0.376 e. The van der Waals surface area contributed by atoms with Crippen molar-refractivity contribution in [2.24, 2.45) is 10.9 Å². The maximum Gasteiger partial charge on any atom is 0.190 e. The smallest absolute Gasteiger partial charge is 0.190 e. The van der Waals surface area contributed by atoms with Crippen LogP contribution in [-0.2, 0) is 4.74 Å². The van der Waals surface area contributed by atoms with Crippen molar-refractivity contribution in [2.45, 2.75) is 38.7 Å². The fourth-order valence-corrected chi connectivity index (χ4v) is 2.19. The third kappa shape index (κ3) is 4.39. The summed E-state index contributed by atoms with van der Waals surface area (Å²) in [6.07, 6.45) is 5.69. The molecular weight excluding hydrogens is 202 g/mol. The standard InChI is InChI=1S/C12H25N3O/c1-10-6-4-5-7-11(10)16-9-8-15-12(13-2)14-3/h10-11H,4-9H2,1-3H3,(H2,13,14,15)/t10-,11+/m0/s1. The predicted octanol–water partition coefficient (Wildman–Crippen LogP) is 1.38. The van der Waals surface area contributed by atoms with Gasteiger partial charge < -0.3 is 15.4 Å². The molecule has 1 aliphatic rings. The first-order valence-electron chi connectivity index (χ1n) is 6.28. The molecule has 0 aromatic heterocycles. The summed E-state index contributed by atoms with van der Waals surface area (Å²) < 4.78 is 5.89. The molecular formula is C12H25N3O. The van der Waals surface area contributed by atoms with Crippen LogP contribution in [0, 0.1) is 5.92 Å². The molecule has 0 heterocycles. The van der Waals surface area contributed by atoms with E-state index in [1.807, 2.05) is 7.05 Å². The van der Waals surface area contributed by atoms with Gasteiger partial charge in [-0.15, -0.1) is 0 Å². The summed E-state index contributed by atoms with van der Waals surface area (Å²) >= 11 is 0. The topological polar surface area (TPSA) is 45.7 Å². The first-order chi connectivity index (χ1) is 7.77. The summed E-state index contributed by atoms with van der Waals surface area (Å²) in [5, 5.41) is 6.17. The molecule has 1 fully saturated rings. The van der Waals surface area contributed by atoms with Crippen LogP contribution in [0.5, 0.6) is 0 Å². The molecule has 1 rings (SSSR count). The van der Waals surface area contributed by atoms with Gasteiger partial charge in [0.1, 0.15) is 0 Å². The molecule has 0 spiro atoms. The Balaban J connectivity index is 2.10. The normalized spacial score (nSPS) is 26.6. The summed E-state index contributed by atoms with van der Waals surface area (Å²) in [6.45, 7) is 3.87. The summed E-state index contributed by atoms with van der Waals surface area (Å²) in [6, 6.07) is 0. The zero-order valence-corrected chi connectivity index (χ0v) is 10.8. The van der Waals surface area contributed by atoms with E-state index in [9.17, 15) is 0 Å². The van der Waals surface area contributed by atoms with Crippen molar-refractivity contribution < 1.29 is 4.74 Å². The van der Waals surface area contributed by atoms with Gasteiger partial charge in [-0.25, -0.2) is 0 Å². The summed E-state index contributed by atoms with van der Waals surface area (Å²) in [7, 11) is 3.63. The summed E-state index contributed by atoms with van der Waals surface area (Å²) in [4.78, 5) is 4.04. The second kappa shape index (κ2) is 7.49. The average molecular weight is 227 g/mol. The second-order valence-electron chi connectivity index (χ2n) is 4.42. The van der Waals surface area contributed by atoms with Gasteiger partial charge in [0.25, 0.3) is 0 Å². The van der Waals surface area contributed by atoms with E-state index in [1.54, 1.807) is 7.05 Å². The summed E-state index contributed by atoms with van der Waals surface area (Å²) in [5.74, 6) is 1.54. The summed E-state index contributed by atoms with van der Waals surface area (Å²) in [5.41, 5.74) is 0. The van der Waals surface area contributed by atoms with Crippen molar-refractivity contribution >= 4 is 5.96 Å². The minimum Gasteiger partial charge on any atom is -0.376 e. The monoisotopic (exact) mass is 227 g/mol. The zero-order valence-electron chi connectivity index (χ0n) is 10.8. The van der Waals surface area contributed by atoms with Crippen LogP contribution in [0.15, 0.2) is 4.99 Å². The van der Waals surface area contributed by atoms with Crippen LogP contribution in [0.3, 0.4) is 0 Å². The van der Waals surface area contributed by atoms with Gasteiger partial charge in [-0.05, 0) is 18.8 Å². The maximum atomic E-state index is 5.89. The van der Waals surface area contributed by atoms with Crippen LogP contribution >= 0.6 is 0 Å². The minimum absolute atomic E-state index is 0.465. The van der Waals surface area contributed by atoms with Crippen LogP contribution in [0.4, 0.5) is 0 Å². The molecule has 0 aromatic rings. The van der Waals surface area contributed by atoms with Crippen molar-refractivity contribution in [3.63, 3.8) is 0 Å². The van der Waals surface area contributed by atoms with Gasteiger partial charge in [0, 0.05) is 20.6 Å². The van der Waals surface area contributed by atoms with Gasteiger partial charge >= 0.3 is 0 Å². The molecule has 2 atom stereocenters. The zero-order chi connectivity index (χ0) is 11.8. The number of guanidine groups is 1. The lowest BCUT2D eigenvalue weighted by Gasteiger charge is -2.28. The SMILES string of the molecule is CN=C(NC)NCCO[C@@H]1CCCC[C@@H]1C. The molecule has 0 saturated heterocycles. The number of nitrogens with zero attached hydrogens (tertiary/aromatic N) is 1. The number of rotatable bonds is 4. The van der Waals surface area contributed by atoms with E-state index in [0.29, 0.717) is 6.10 Å². The van der Waals surface area contributed by atoms with Crippen molar-refractivity contribution in [2.75, 3.05) is 27.2 Å². The van der Waals surface area contributed by atoms with E-state index in [2.05, 4.69) is 22.5 Å². The Morgan fingerprint density at radius 3 is 2.75 bits per heavy atom. The number of hydrogen-bond donors (Lipinski definition) is 2. The molecule has 0 aromatic carbocycles. The lowest BCUT2D eigenvalue weighted by molar-refractivity contribution is -0.00202. The van der Waals surface area contributed by atoms with Gasteiger partial charge in [-0.1, -0.05) is 19.8 Å². The average Bonchev–Trinajstić information content (AvgIpc) is 2.31. The van der Waals surface area contributed by atoms with Gasteiger partial charge in [0.05, 0.1) is 12.7 Å². The molecule has 4 nitrogen and oxygen atoms in total. The molecule has 1 saturated carbocycles. The molecule has 2 N–H and O–H groups in total. The Morgan fingerprint density at radius 1 is 1.38 bits per heavy atom. The lowest BCUT2D eigenvalue weighted by Crippen LogP contribution is -2.37. The molecule has 0 amide bonds. The lowest BCUT2D eigenvalue weighted by atomic mass is 9.88. The van der Waals surface area contributed by atoms with Gasteiger partial charge in [-0.3, -0.25) is 4.99 Å². The fourth-order valence-electron chi connectivity index (χ4n) is 2.19. The first-order valence-corrected chi connectivity index (χ1v) is 6.28. The Hall–Kier alpha value is -0.770. The number of aliphatic imine (C=N–C) groups is 1. The Labute approximate surface area is 98.9 Å². The molecule has 0 unspecified atom stereocenters. The van der Waals surface area contributed by atoms with Gasteiger partial charge in [0.2, 0.25) is 0 Å². The van der Waals surface area contributed by atoms with E-state index in [4.69, 9.17) is 4.74 Å². The van der Waals surface area contributed by atoms with Crippen molar-refractivity contribution in [3.05, 3.63) is 0 Å². The highest BCUT2D eigenvalue weighted by atomic mass is 16.5. The molecule has 0 aliphatic heterocycles. The Morgan fingerprint density at radius 2 is 2.12 bits per heavy atom. The number of nitrogens with one attached hydrogen (secondary N) is 2. The third-order valence-corrected chi connectivity index (χ3v) is 3.22. The molecule has 4 heteroatoms. The van der Waals surface area contributed by atoms with Crippen LogP contribution in [0.25, 0.3) is 0 Å². The molecule has 0 bridgehead atoms. The Bertz CT molecular complexity index is 218. The third-order valence-electron chi connectivity index (χ3n) is 3.22. The minimum atomic E-state index is 0.465. The molecule has 16 heavy (non-hydrogen) atoms. The highest BCUT2D eigenvalue weighted by Gasteiger charge is 2.21. The van der Waals surface area contributed by atoms with E-state index >= 15 is 0 Å². The van der Waals surface area contributed by atoms with Crippen LogP contribution in [0.1, 0.15) is 32.6 Å². The van der Waals surface area contributed by atoms with Crippen LogP contribution < -0.4 is 10.6 Å². The Kier molecular flexibility index (Phi) is 6.23. The molecule has 1 aliphatic carbocycles. The van der Waals surface area contributed by atoms with E-state index in [1.165, 1.54) is 25.7 Å². The predicted molar refractivity (Wildman–Crippen MR) is 67.8 cm³/mol. The van der Waals surface area contributed by atoms with Crippen LogP contribution in [0.2, 0.25) is 0 Å². The highest BCUT2D eigenvalue weighted by Crippen LogP contribution is 2.25. The van der Waals surface area contributed by atoms with Crippen molar-refractivity contribution in [1.29, 1.82) is 0 Å². The van der Waals surface area contributed by atoms with E-state index in [0.717, 1.165) is 25.0 Å². The number of hydrogen-bond acceptors (Lipinski definition) is 2. The quantitative estimate of drug-likeness (QED) is 0.433. The van der Waals surface area contributed by atoms with Gasteiger partial charge in [0.15, 0.2) is 5.96 Å². The second-order valence-corrected chi connectivity index (χ2v) is 4.42. The molecule has 94 valence electrons. The number of ether oxygens (including phenoxy) is 1. The van der Waals surface area contributed by atoms with E-state index < -0.39 is 0 Å². The van der Waals surface area contributed by atoms with Crippen LogP contribution in [-0.4, -0.2) is 39.3 Å². The maximum absolute atomic E-state index is 5.89. The van der Waals surface area contributed by atoms with E-state index in [-0.39, 0.29) is 0 Å². The fraction of sp³-hybridized carbons (Fsp3) is 0.917. The van der Waals surface area contributed by atoms with Crippen molar-refractivity contribution in [1.82, 2.24) is 10.6 Å². The molecule has 0 radical (unpaired) electrons.